The van der Waals surface area contributed by atoms with Gasteiger partial charge in [-0.2, -0.15) is 0 Å². The fourth-order valence-corrected chi connectivity index (χ4v) is 2.70. The van der Waals surface area contributed by atoms with Crippen LogP contribution < -0.4 is 0 Å². The van der Waals surface area contributed by atoms with Crippen LogP contribution in [0.4, 0.5) is 0 Å². The number of ketones is 1. The number of rotatable bonds is 1. The zero-order valence-corrected chi connectivity index (χ0v) is 8.62. The smallest absolute Gasteiger partial charge is 0.135 e. The van der Waals surface area contributed by atoms with E-state index in [4.69, 9.17) is 0 Å². The maximum absolute atomic E-state index is 11.2. The first-order chi connectivity index (χ1) is 6.16. The van der Waals surface area contributed by atoms with Gasteiger partial charge in [-0.25, -0.2) is 0 Å². The van der Waals surface area contributed by atoms with Crippen LogP contribution >= 0.6 is 0 Å². The highest BCUT2D eigenvalue weighted by molar-refractivity contribution is 5.79. The molecule has 0 spiro atoms. The van der Waals surface area contributed by atoms with Crippen LogP contribution in [-0.2, 0) is 4.79 Å². The van der Waals surface area contributed by atoms with Gasteiger partial charge in [-0.15, -0.1) is 0 Å². The van der Waals surface area contributed by atoms with E-state index in [0.29, 0.717) is 11.8 Å². The Labute approximate surface area is 80.3 Å². The van der Waals surface area contributed by atoms with Gasteiger partial charge >= 0.3 is 0 Å². The number of hydrogen-bond acceptors (Lipinski definition) is 2. The molecular weight excluding hydrogens is 162 g/mol. The second-order valence-corrected chi connectivity index (χ2v) is 4.81. The van der Waals surface area contributed by atoms with Gasteiger partial charge in [-0.1, -0.05) is 6.92 Å². The van der Waals surface area contributed by atoms with Crippen LogP contribution in [0.15, 0.2) is 0 Å². The van der Waals surface area contributed by atoms with Crippen molar-refractivity contribution in [2.45, 2.75) is 51.6 Å². The molecule has 1 unspecified atom stereocenters. The third kappa shape index (κ3) is 1.78. The van der Waals surface area contributed by atoms with Crippen LogP contribution in [-0.4, -0.2) is 29.3 Å². The fraction of sp³-hybridized carbons (Fsp3) is 0.909. The Morgan fingerprint density at radius 1 is 1.31 bits per heavy atom. The third-order valence-electron chi connectivity index (χ3n) is 3.56. The molecule has 2 nitrogen and oxygen atoms in total. The molecule has 0 bridgehead atoms. The molecule has 2 rings (SSSR count). The van der Waals surface area contributed by atoms with Crippen LogP contribution in [0.3, 0.4) is 0 Å². The summed E-state index contributed by atoms with van der Waals surface area (Å²) in [6.45, 7) is 5.52. The van der Waals surface area contributed by atoms with Gasteiger partial charge in [0.25, 0.3) is 0 Å². The normalized spacial score (nSPS) is 41.7. The lowest BCUT2D eigenvalue weighted by Crippen LogP contribution is -2.51. The summed E-state index contributed by atoms with van der Waals surface area (Å²) in [5.41, 5.74) is 0. The monoisotopic (exact) mass is 181 g/mol. The minimum absolute atomic E-state index is 0.455. The quantitative estimate of drug-likeness (QED) is 0.615. The van der Waals surface area contributed by atoms with E-state index >= 15 is 0 Å². The molecule has 1 atom stereocenters. The average molecular weight is 181 g/mol. The molecular formula is C11H19NO. The Kier molecular flexibility index (Phi) is 2.41. The summed E-state index contributed by atoms with van der Waals surface area (Å²) in [4.78, 5) is 13.7. The van der Waals surface area contributed by atoms with Crippen molar-refractivity contribution in [3.63, 3.8) is 0 Å². The molecule has 2 aliphatic rings. The van der Waals surface area contributed by atoms with Crippen molar-refractivity contribution in [2.75, 3.05) is 6.54 Å². The molecule has 74 valence electrons. The number of carbonyl (C=O) groups is 1. The lowest BCUT2D eigenvalue weighted by molar-refractivity contribution is -0.124. The van der Waals surface area contributed by atoms with Crippen molar-refractivity contribution in [3.8, 4) is 0 Å². The van der Waals surface area contributed by atoms with E-state index in [0.717, 1.165) is 31.3 Å². The number of piperidine rings is 1. The third-order valence-corrected chi connectivity index (χ3v) is 3.56. The molecule has 1 heterocycles. The summed E-state index contributed by atoms with van der Waals surface area (Å²) < 4.78 is 0. The molecule has 0 aromatic rings. The van der Waals surface area contributed by atoms with Gasteiger partial charge in [-0.3, -0.25) is 9.69 Å². The topological polar surface area (TPSA) is 20.3 Å². The lowest BCUT2D eigenvalue weighted by Gasteiger charge is -2.46. The highest BCUT2D eigenvalue weighted by Crippen LogP contribution is 2.34. The van der Waals surface area contributed by atoms with Crippen molar-refractivity contribution in [2.24, 2.45) is 5.92 Å². The lowest BCUT2D eigenvalue weighted by atomic mass is 9.79. The number of nitrogens with zero attached hydrogens (tertiary/aromatic N) is 1. The molecule has 0 aromatic carbocycles. The minimum atomic E-state index is 0.455. The Balaban J connectivity index is 1.89. The first-order valence-corrected chi connectivity index (χ1v) is 5.44. The summed E-state index contributed by atoms with van der Waals surface area (Å²) in [7, 11) is 0. The second-order valence-electron chi connectivity index (χ2n) is 4.81. The molecule has 1 saturated carbocycles. The molecule has 1 aliphatic carbocycles. The van der Waals surface area contributed by atoms with E-state index in [9.17, 15) is 4.79 Å². The largest absolute Gasteiger partial charge is 0.300 e. The van der Waals surface area contributed by atoms with Crippen molar-refractivity contribution in [1.29, 1.82) is 0 Å². The predicted octanol–water partition coefficient (Wildman–Crippen LogP) is 1.84. The van der Waals surface area contributed by atoms with Crippen LogP contribution in [0.25, 0.3) is 0 Å². The van der Waals surface area contributed by atoms with E-state index in [1.807, 2.05) is 0 Å². The highest BCUT2D eigenvalue weighted by atomic mass is 16.1. The standard InChI is InChI=1S/C11H19NO/c1-8-5-10(6-8)12-4-3-11(13)7-9(12)2/h8-10H,3-7H2,1-2H3. The zero-order valence-electron chi connectivity index (χ0n) is 8.62. The summed E-state index contributed by atoms with van der Waals surface area (Å²) in [6.07, 6.45) is 4.26. The van der Waals surface area contributed by atoms with Gasteiger partial charge in [-0.05, 0) is 25.7 Å². The maximum atomic E-state index is 11.2. The summed E-state index contributed by atoms with van der Waals surface area (Å²) in [6, 6.07) is 1.29. The van der Waals surface area contributed by atoms with E-state index in [1.165, 1.54) is 12.8 Å². The molecule has 2 fully saturated rings. The number of likely N-dealkylation sites (tertiary alicyclic amines) is 1. The van der Waals surface area contributed by atoms with E-state index in [-0.39, 0.29) is 0 Å². The van der Waals surface area contributed by atoms with Gasteiger partial charge < -0.3 is 0 Å². The van der Waals surface area contributed by atoms with Crippen molar-refractivity contribution < 1.29 is 4.79 Å². The Bertz CT molecular complexity index is 208. The molecule has 2 heteroatoms. The SMILES string of the molecule is CC1CC(N2CCC(=O)CC2C)C1. The Morgan fingerprint density at radius 3 is 2.54 bits per heavy atom. The molecule has 1 saturated heterocycles. The molecule has 13 heavy (non-hydrogen) atoms. The molecule has 1 aliphatic heterocycles. The van der Waals surface area contributed by atoms with Crippen LogP contribution in [0, 0.1) is 5.92 Å². The van der Waals surface area contributed by atoms with Gasteiger partial charge in [0.15, 0.2) is 0 Å². The van der Waals surface area contributed by atoms with E-state index in [1.54, 1.807) is 0 Å². The molecule has 0 amide bonds. The summed E-state index contributed by atoms with van der Waals surface area (Å²) in [5.74, 6) is 1.37. The average Bonchev–Trinajstić information content (AvgIpc) is 2.00. The molecule has 0 radical (unpaired) electrons. The Hall–Kier alpha value is -0.370. The van der Waals surface area contributed by atoms with E-state index < -0.39 is 0 Å². The van der Waals surface area contributed by atoms with Crippen LogP contribution in [0.2, 0.25) is 0 Å². The number of Topliss-reactive ketones (excluding diaryl/α,β-unsaturated/α-hetero) is 1. The Morgan fingerprint density at radius 2 is 2.00 bits per heavy atom. The van der Waals surface area contributed by atoms with Gasteiger partial charge in [0.05, 0.1) is 0 Å². The first-order valence-electron chi connectivity index (χ1n) is 5.44. The predicted molar refractivity (Wildman–Crippen MR) is 52.6 cm³/mol. The zero-order chi connectivity index (χ0) is 9.42. The second kappa shape index (κ2) is 3.41. The first kappa shape index (κ1) is 9.20. The van der Waals surface area contributed by atoms with Crippen molar-refractivity contribution in [3.05, 3.63) is 0 Å². The fourth-order valence-electron chi connectivity index (χ4n) is 2.70. The summed E-state index contributed by atoms with van der Waals surface area (Å²) >= 11 is 0. The molecule has 0 aromatic heterocycles. The summed E-state index contributed by atoms with van der Waals surface area (Å²) in [5, 5.41) is 0. The minimum Gasteiger partial charge on any atom is -0.300 e. The van der Waals surface area contributed by atoms with Gasteiger partial charge in [0, 0.05) is 31.5 Å². The maximum Gasteiger partial charge on any atom is 0.135 e. The highest BCUT2D eigenvalue weighted by Gasteiger charge is 2.35. The van der Waals surface area contributed by atoms with E-state index in [2.05, 4.69) is 18.7 Å². The number of carbonyl (C=O) groups excluding carboxylic acids is 1. The van der Waals surface area contributed by atoms with Crippen molar-refractivity contribution >= 4 is 5.78 Å². The number of hydrogen-bond donors (Lipinski definition) is 0. The van der Waals surface area contributed by atoms with Crippen molar-refractivity contribution in [1.82, 2.24) is 4.90 Å². The van der Waals surface area contributed by atoms with Gasteiger partial charge in [0.1, 0.15) is 5.78 Å². The molecule has 0 N–H and O–H groups in total. The van der Waals surface area contributed by atoms with Crippen LogP contribution in [0.5, 0.6) is 0 Å². The van der Waals surface area contributed by atoms with Gasteiger partial charge in [0.2, 0.25) is 0 Å². The van der Waals surface area contributed by atoms with Crippen LogP contribution in [0.1, 0.15) is 39.5 Å².